The second-order valence-electron chi connectivity index (χ2n) is 6.47. The first kappa shape index (κ1) is 17.9. The lowest BCUT2D eigenvalue weighted by atomic mass is 9.97. The zero-order chi connectivity index (χ0) is 17.6. The van der Waals surface area contributed by atoms with E-state index in [1.165, 1.54) is 12.1 Å². The van der Waals surface area contributed by atoms with Crippen LogP contribution in [0.3, 0.4) is 0 Å². The summed E-state index contributed by atoms with van der Waals surface area (Å²) in [7, 11) is 0. The summed E-state index contributed by atoms with van der Waals surface area (Å²) in [5.74, 6) is 0.248. The predicted octanol–water partition coefficient (Wildman–Crippen LogP) is 4.07. The second kappa shape index (κ2) is 8.45. The SMILES string of the molecule is O=C(CCC1CCNC1)NC(c1ccc(F)cc1)c1ccccc1Cl. The predicted molar refractivity (Wildman–Crippen MR) is 98.0 cm³/mol. The first-order chi connectivity index (χ1) is 12.1. The van der Waals surface area contributed by atoms with E-state index in [0.29, 0.717) is 17.4 Å². The minimum Gasteiger partial charge on any atom is -0.345 e. The van der Waals surface area contributed by atoms with Gasteiger partial charge in [-0.15, -0.1) is 0 Å². The van der Waals surface area contributed by atoms with Gasteiger partial charge in [-0.05, 0) is 61.2 Å². The molecule has 1 amide bonds. The highest BCUT2D eigenvalue weighted by Crippen LogP contribution is 2.28. The summed E-state index contributed by atoms with van der Waals surface area (Å²) >= 11 is 6.33. The monoisotopic (exact) mass is 360 g/mol. The number of hydrogen-bond donors (Lipinski definition) is 2. The Balaban J connectivity index is 1.75. The van der Waals surface area contributed by atoms with Crippen molar-refractivity contribution in [2.75, 3.05) is 13.1 Å². The second-order valence-corrected chi connectivity index (χ2v) is 6.88. The van der Waals surface area contributed by atoms with Crippen molar-refractivity contribution in [2.45, 2.75) is 25.3 Å². The van der Waals surface area contributed by atoms with E-state index in [-0.39, 0.29) is 17.8 Å². The van der Waals surface area contributed by atoms with E-state index in [1.807, 2.05) is 18.2 Å². The topological polar surface area (TPSA) is 41.1 Å². The summed E-state index contributed by atoms with van der Waals surface area (Å²) in [5, 5.41) is 6.96. The maximum Gasteiger partial charge on any atom is 0.220 e. The van der Waals surface area contributed by atoms with E-state index in [2.05, 4.69) is 10.6 Å². The van der Waals surface area contributed by atoms with Gasteiger partial charge in [0.25, 0.3) is 0 Å². The summed E-state index contributed by atoms with van der Waals surface area (Å²) in [6.07, 6.45) is 2.48. The molecule has 5 heteroatoms. The lowest BCUT2D eigenvalue weighted by Crippen LogP contribution is -2.29. The number of carbonyl (C=O) groups is 1. The fraction of sp³-hybridized carbons (Fsp3) is 0.350. The van der Waals surface area contributed by atoms with Gasteiger partial charge in [0.05, 0.1) is 6.04 Å². The molecule has 25 heavy (non-hydrogen) atoms. The van der Waals surface area contributed by atoms with Gasteiger partial charge in [-0.2, -0.15) is 0 Å². The lowest BCUT2D eigenvalue weighted by molar-refractivity contribution is -0.121. The van der Waals surface area contributed by atoms with E-state index in [1.54, 1.807) is 18.2 Å². The van der Waals surface area contributed by atoms with Crippen molar-refractivity contribution in [3.8, 4) is 0 Å². The van der Waals surface area contributed by atoms with Gasteiger partial charge >= 0.3 is 0 Å². The Kier molecular flexibility index (Phi) is 6.05. The third-order valence-electron chi connectivity index (χ3n) is 4.67. The van der Waals surface area contributed by atoms with Crippen molar-refractivity contribution in [1.29, 1.82) is 0 Å². The maximum absolute atomic E-state index is 13.3. The molecule has 0 saturated carbocycles. The Hall–Kier alpha value is -1.91. The highest BCUT2D eigenvalue weighted by atomic mass is 35.5. The molecule has 2 aromatic rings. The Morgan fingerprint density at radius 3 is 2.68 bits per heavy atom. The fourth-order valence-electron chi connectivity index (χ4n) is 3.23. The molecule has 0 radical (unpaired) electrons. The average molecular weight is 361 g/mol. The first-order valence-corrected chi connectivity index (χ1v) is 9.01. The molecule has 1 aliphatic heterocycles. The van der Waals surface area contributed by atoms with E-state index < -0.39 is 0 Å². The van der Waals surface area contributed by atoms with Crippen LogP contribution >= 0.6 is 11.6 Å². The normalized spacial score (nSPS) is 18.1. The van der Waals surface area contributed by atoms with Gasteiger partial charge < -0.3 is 10.6 Å². The molecule has 0 spiro atoms. The molecule has 1 fully saturated rings. The molecule has 1 heterocycles. The van der Waals surface area contributed by atoms with Gasteiger partial charge in [-0.1, -0.05) is 41.9 Å². The van der Waals surface area contributed by atoms with Gasteiger partial charge in [0.1, 0.15) is 5.82 Å². The van der Waals surface area contributed by atoms with E-state index >= 15 is 0 Å². The van der Waals surface area contributed by atoms with Crippen LogP contribution in [0.25, 0.3) is 0 Å². The van der Waals surface area contributed by atoms with Crippen molar-refractivity contribution >= 4 is 17.5 Å². The molecule has 3 nitrogen and oxygen atoms in total. The van der Waals surface area contributed by atoms with Crippen LogP contribution < -0.4 is 10.6 Å². The summed E-state index contributed by atoms with van der Waals surface area (Å²) in [4.78, 5) is 12.5. The van der Waals surface area contributed by atoms with Crippen LogP contribution in [-0.2, 0) is 4.79 Å². The minimum atomic E-state index is -0.386. The number of amides is 1. The molecule has 0 bridgehead atoms. The van der Waals surface area contributed by atoms with Gasteiger partial charge in [0.2, 0.25) is 5.91 Å². The van der Waals surface area contributed by atoms with Crippen molar-refractivity contribution in [3.63, 3.8) is 0 Å². The van der Waals surface area contributed by atoms with Crippen molar-refractivity contribution in [3.05, 3.63) is 70.5 Å². The minimum absolute atomic E-state index is 0.0128. The maximum atomic E-state index is 13.3. The Morgan fingerprint density at radius 1 is 1.24 bits per heavy atom. The number of benzene rings is 2. The molecule has 1 saturated heterocycles. The van der Waals surface area contributed by atoms with E-state index in [9.17, 15) is 9.18 Å². The largest absolute Gasteiger partial charge is 0.345 e. The molecular weight excluding hydrogens is 339 g/mol. The van der Waals surface area contributed by atoms with Crippen molar-refractivity contribution in [2.24, 2.45) is 5.92 Å². The number of carbonyl (C=O) groups excluding carboxylic acids is 1. The fourth-order valence-corrected chi connectivity index (χ4v) is 3.48. The van der Waals surface area contributed by atoms with Crippen LogP contribution in [0.1, 0.15) is 36.4 Å². The molecule has 0 aliphatic carbocycles. The standard InChI is InChI=1S/C20H22ClFN2O/c21-18-4-2-1-3-17(18)20(15-6-8-16(22)9-7-15)24-19(25)10-5-14-11-12-23-13-14/h1-4,6-9,14,20,23H,5,10-13H2,(H,24,25). The molecule has 2 N–H and O–H groups in total. The third-order valence-corrected chi connectivity index (χ3v) is 5.01. The number of rotatable bonds is 6. The van der Waals surface area contributed by atoms with Gasteiger partial charge in [-0.25, -0.2) is 4.39 Å². The molecule has 0 aromatic heterocycles. The van der Waals surface area contributed by atoms with Crippen LogP contribution in [0.5, 0.6) is 0 Å². The summed E-state index contributed by atoms with van der Waals surface area (Å²) < 4.78 is 13.3. The van der Waals surface area contributed by atoms with Gasteiger partial charge in [-0.3, -0.25) is 4.79 Å². The smallest absolute Gasteiger partial charge is 0.220 e. The number of nitrogens with one attached hydrogen (secondary N) is 2. The molecule has 2 aromatic carbocycles. The summed E-state index contributed by atoms with van der Waals surface area (Å²) in [5.41, 5.74) is 1.62. The van der Waals surface area contributed by atoms with E-state index in [0.717, 1.165) is 37.1 Å². The number of halogens is 2. The number of hydrogen-bond acceptors (Lipinski definition) is 2. The Bertz CT molecular complexity index is 714. The van der Waals surface area contributed by atoms with Crippen LogP contribution in [0.2, 0.25) is 5.02 Å². The lowest BCUT2D eigenvalue weighted by Gasteiger charge is -2.21. The molecule has 2 unspecified atom stereocenters. The first-order valence-electron chi connectivity index (χ1n) is 8.63. The molecular formula is C20H22ClFN2O. The van der Waals surface area contributed by atoms with E-state index in [4.69, 9.17) is 11.6 Å². The highest BCUT2D eigenvalue weighted by molar-refractivity contribution is 6.31. The zero-order valence-electron chi connectivity index (χ0n) is 14.0. The van der Waals surface area contributed by atoms with Gasteiger partial charge in [0.15, 0.2) is 0 Å². The van der Waals surface area contributed by atoms with Crippen LogP contribution in [0, 0.1) is 11.7 Å². The highest BCUT2D eigenvalue weighted by Gasteiger charge is 2.21. The third kappa shape index (κ3) is 4.80. The molecule has 3 rings (SSSR count). The quantitative estimate of drug-likeness (QED) is 0.815. The zero-order valence-corrected chi connectivity index (χ0v) is 14.7. The Morgan fingerprint density at radius 2 is 2.00 bits per heavy atom. The molecule has 1 aliphatic rings. The van der Waals surface area contributed by atoms with Crippen LogP contribution in [-0.4, -0.2) is 19.0 Å². The molecule has 132 valence electrons. The van der Waals surface area contributed by atoms with Crippen LogP contribution in [0.15, 0.2) is 48.5 Å². The average Bonchev–Trinajstić information content (AvgIpc) is 3.13. The van der Waals surface area contributed by atoms with Crippen molar-refractivity contribution < 1.29 is 9.18 Å². The summed E-state index contributed by atoms with van der Waals surface area (Å²) in [6.45, 7) is 2.02. The van der Waals surface area contributed by atoms with Crippen LogP contribution in [0.4, 0.5) is 4.39 Å². The molecule has 2 atom stereocenters. The van der Waals surface area contributed by atoms with Gasteiger partial charge in [0, 0.05) is 11.4 Å². The Labute approximate surface area is 152 Å². The summed E-state index contributed by atoms with van der Waals surface area (Å²) in [6, 6.07) is 13.2. The van der Waals surface area contributed by atoms with Crippen molar-refractivity contribution in [1.82, 2.24) is 10.6 Å².